The number of nitrogens with zero attached hydrogens (tertiary/aromatic N) is 2. The number of amides is 1. The first-order chi connectivity index (χ1) is 8.78. The zero-order valence-corrected chi connectivity index (χ0v) is 10.3. The summed E-state index contributed by atoms with van der Waals surface area (Å²) in [6, 6.07) is 0. The third-order valence-corrected chi connectivity index (χ3v) is 3.75. The van der Waals surface area contributed by atoms with E-state index in [0.717, 1.165) is 16.2 Å². The number of carboxylic acids is 1. The summed E-state index contributed by atoms with van der Waals surface area (Å²) in [5, 5.41) is 10.3. The van der Waals surface area contributed by atoms with Crippen molar-refractivity contribution < 1.29 is 27.9 Å². The van der Waals surface area contributed by atoms with E-state index in [1.807, 2.05) is 0 Å². The van der Waals surface area contributed by atoms with E-state index in [2.05, 4.69) is 4.98 Å². The van der Waals surface area contributed by atoms with E-state index in [9.17, 15) is 22.8 Å². The van der Waals surface area contributed by atoms with Crippen molar-refractivity contribution >= 4 is 23.2 Å². The molecule has 1 saturated heterocycles. The molecule has 1 unspecified atom stereocenters. The third-order valence-electron chi connectivity index (χ3n) is 3.16. The van der Waals surface area contributed by atoms with Crippen LogP contribution in [0.25, 0.3) is 0 Å². The van der Waals surface area contributed by atoms with Crippen molar-refractivity contribution in [1.29, 1.82) is 0 Å². The molecule has 5 nitrogen and oxygen atoms in total. The molecule has 1 aliphatic heterocycles. The van der Waals surface area contributed by atoms with Crippen LogP contribution in [-0.2, 0) is 4.79 Å². The lowest BCUT2D eigenvalue weighted by Crippen LogP contribution is -2.47. The summed E-state index contributed by atoms with van der Waals surface area (Å²) in [7, 11) is 0. The van der Waals surface area contributed by atoms with Gasteiger partial charge in [0.1, 0.15) is 5.69 Å². The first-order valence-electron chi connectivity index (χ1n) is 5.25. The minimum atomic E-state index is -4.89. The molecule has 1 N–H and O–H groups in total. The van der Waals surface area contributed by atoms with Crippen LogP contribution in [0, 0.1) is 5.41 Å². The number of rotatable bonds is 2. The molecule has 2 heterocycles. The highest BCUT2D eigenvalue weighted by Gasteiger charge is 2.64. The molecule has 19 heavy (non-hydrogen) atoms. The second-order valence-corrected chi connectivity index (χ2v) is 4.95. The van der Waals surface area contributed by atoms with E-state index in [1.165, 1.54) is 10.9 Å². The van der Waals surface area contributed by atoms with E-state index >= 15 is 0 Å². The molecule has 9 heteroatoms. The second-order valence-electron chi connectivity index (χ2n) is 4.24. The monoisotopic (exact) mass is 294 g/mol. The molecule has 104 valence electrons. The van der Waals surface area contributed by atoms with Crippen molar-refractivity contribution in [2.75, 3.05) is 13.1 Å². The van der Waals surface area contributed by atoms with E-state index < -0.39 is 36.4 Å². The van der Waals surface area contributed by atoms with Gasteiger partial charge >= 0.3 is 12.1 Å². The lowest BCUT2D eigenvalue weighted by atomic mass is 9.86. The minimum absolute atomic E-state index is 0.0355. The van der Waals surface area contributed by atoms with Crippen molar-refractivity contribution in [2.24, 2.45) is 5.41 Å². The van der Waals surface area contributed by atoms with Crippen LogP contribution in [0.3, 0.4) is 0 Å². The van der Waals surface area contributed by atoms with Gasteiger partial charge in [-0.15, -0.1) is 11.3 Å². The van der Waals surface area contributed by atoms with Gasteiger partial charge in [-0.25, -0.2) is 4.98 Å². The van der Waals surface area contributed by atoms with Crippen molar-refractivity contribution in [2.45, 2.75) is 12.6 Å². The van der Waals surface area contributed by atoms with Crippen LogP contribution in [0.5, 0.6) is 0 Å². The van der Waals surface area contributed by atoms with Gasteiger partial charge in [-0.05, 0) is 6.42 Å². The maximum absolute atomic E-state index is 12.9. The number of aliphatic carboxylic acids is 1. The van der Waals surface area contributed by atoms with Crippen molar-refractivity contribution in [3.63, 3.8) is 0 Å². The van der Waals surface area contributed by atoms with Gasteiger partial charge in [-0.1, -0.05) is 0 Å². The predicted octanol–water partition coefficient (Wildman–Crippen LogP) is 1.62. The molecule has 0 aliphatic carbocycles. The van der Waals surface area contributed by atoms with Crippen LogP contribution < -0.4 is 0 Å². The Kier molecular flexibility index (Phi) is 3.25. The van der Waals surface area contributed by atoms with Gasteiger partial charge in [0.2, 0.25) is 0 Å². The molecule has 1 aromatic heterocycles. The van der Waals surface area contributed by atoms with Crippen LogP contribution in [0.15, 0.2) is 10.9 Å². The van der Waals surface area contributed by atoms with Gasteiger partial charge in [-0.3, -0.25) is 9.59 Å². The zero-order chi connectivity index (χ0) is 14.3. The Morgan fingerprint density at radius 3 is 2.58 bits per heavy atom. The number of hydrogen-bond donors (Lipinski definition) is 1. The largest absolute Gasteiger partial charge is 0.481 e. The molecule has 1 aliphatic rings. The van der Waals surface area contributed by atoms with E-state index in [1.54, 1.807) is 0 Å². The fourth-order valence-corrected chi connectivity index (χ4v) is 2.52. The first kappa shape index (κ1) is 13.8. The number of alkyl halides is 3. The lowest BCUT2D eigenvalue weighted by molar-refractivity contribution is -0.227. The third kappa shape index (κ3) is 2.18. The van der Waals surface area contributed by atoms with E-state index in [4.69, 9.17) is 5.11 Å². The number of halogens is 3. The Hall–Kier alpha value is -1.64. The summed E-state index contributed by atoms with van der Waals surface area (Å²) in [4.78, 5) is 27.4. The Morgan fingerprint density at radius 2 is 2.16 bits per heavy atom. The summed E-state index contributed by atoms with van der Waals surface area (Å²) in [6.45, 7) is -1.12. The van der Waals surface area contributed by atoms with Crippen LogP contribution in [-0.4, -0.2) is 46.1 Å². The number of thiazole rings is 1. The average molecular weight is 294 g/mol. The van der Waals surface area contributed by atoms with Crippen molar-refractivity contribution in [3.05, 3.63) is 16.6 Å². The Labute approximate surface area is 109 Å². The second kappa shape index (κ2) is 4.48. The number of hydrogen-bond acceptors (Lipinski definition) is 4. The molecule has 1 atom stereocenters. The van der Waals surface area contributed by atoms with E-state index in [-0.39, 0.29) is 12.2 Å². The van der Waals surface area contributed by atoms with Gasteiger partial charge in [0.25, 0.3) is 5.91 Å². The Morgan fingerprint density at radius 1 is 1.47 bits per heavy atom. The van der Waals surface area contributed by atoms with Crippen LogP contribution in [0.1, 0.15) is 16.9 Å². The SMILES string of the molecule is O=C(c1cscn1)N1CCC(C(=O)O)(C(F)(F)F)C1. The summed E-state index contributed by atoms with van der Waals surface area (Å²) in [5.41, 5.74) is -1.45. The molecule has 2 rings (SSSR count). The molecular weight excluding hydrogens is 285 g/mol. The molecule has 0 aromatic carbocycles. The molecule has 1 amide bonds. The lowest BCUT2D eigenvalue weighted by Gasteiger charge is -2.27. The fourth-order valence-electron chi connectivity index (χ4n) is 1.99. The zero-order valence-electron chi connectivity index (χ0n) is 9.48. The number of aromatic nitrogens is 1. The van der Waals surface area contributed by atoms with Gasteiger partial charge in [0.05, 0.1) is 5.51 Å². The molecule has 0 radical (unpaired) electrons. The number of carboxylic acid groups (broad SMARTS) is 1. The van der Waals surface area contributed by atoms with Crippen molar-refractivity contribution in [1.82, 2.24) is 9.88 Å². The molecule has 1 aromatic rings. The van der Waals surface area contributed by atoms with Crippen molar-refractivity contribution in [3.8, 4) is 0 Å². The van der Waals surface area contributed by atoms with Gasteiger partial charge in [0, 0.05) is 18.5 Å². The molecule has 0 spiro atoms. The fraction of sp³-hybridized carbons (Fsp3) is 0.500. The first-order valence-corrected chi connectivity index (χ1v) is 6.20. The summed E-state index contributed by atoms with van der Waals surface area (Å²) >= 11 is 1.14. The molecule has 0 bridgehead atoms. The maximum atomic E-state index is 12.9. The van der Waals surface area contributed by atoms with Crippen LogP contribution >= 0.6 is 11.3 Å². The summed E-state index contributed by atoms with van der Waals surface area (Å²) in [6.07, 6.45) is -5.53. The highest BCUT2D eigenvalue weighted by atomic mass is 32.1. The topological polar surface area (TPSA) is 70.5 Å². The number of carbonyl (C=O) groups is 2. The van der Waals surface area contributed by atoms with E-state index in [0.29, 0.717) is 0 Å². The standard InChI is InChI=1S/C10H9F3N2O3S/c11-10(12,13)9(8(17)18)1-2-15(4-9)7(16)6-3-19-5-14-6/h3,5H,1-2,4H2,(H,17,18). The Balaban J connectivity index is 2.23. The van der Waals surface area contributed by atoms with Gasteiger partial charge < -0.3 is 10.0 Å². The number of carbonyl (C=O) groups excluding carboxylic acids is 1. The molecule has 0 saturated carbocycles. The minimum Gasteiger partial charge on any atom is -0.481 e. The highest BCUT2D eigenvalue weighted by Crippen LogP contribution is 2.45. The average Bonchev–Trinajstić information content (AvgIpc) is 2.97. The Bertz CT molecular complexity index is 503. The van der Waals surface area contributed by atoms with Crippen LogP contribution in [0.2, 0.25) is 0 Å². The van der Waals surface area contributed by atoms with Gasteiger partial charge in [-0.2, -0.15) is 13.2 Å². The number of likely N-dealkylation sites (tertiary alicyclic amines) is 1. The summed E-state index contributed by atoms with van der Waals surface area (Å²) < 4.78 is 38.7. The normalized spacial score (nSPS) is 23.6. The summed E-state index contributed by atoms with van der Waals surface area (Å²) in [5.74, 6) is -2.62. The highest BCUT2D eigenvalue weighted by molar-refractivity contribution is 7.07. The molecular formula is C10H9F3N2O3S. The van der Waals surface area contributed by atoms with Gasteiger partial charge in [0.15, 0.2) is 5.41 Å². The maximum Gasteiger partial charge on any atom is 0.406 e. The smallest absolute Gasteiger partial charge is 0.406 e. The quantitative estimate of drug-likeness (QED) is 0.900. The van der Waals surface area contributed by atoms with Crippen LogP contribution in [0.4, 0.5) is 13.2 Å². The molecule has 1 fully saturated rings. The predicted molar refractivity (Wildman–Crippen MR) is 58.8 cm³/mol.